The van der Waals surface area contributed by atoms with Crippen molar-refractivity contribution < 1.29 is 18.7 Å². The molecule has 0 aliphatic carbocycles. The van der Waals surface area contributed by atoms with Gasteiger partial charge < -0.3 is 14.4 Å². The van der Waals surface area contributed by atoms with Gasteiger partial charge >= 0.3 is 11.7 Å². The zero-order chi connectivity index (χ0) is 16.2. The first kappa shape index (κ1) is 15.1. The highest BCUT2D eigenvalue weighted by atomic mass is 35.5. The van der Waals surface area contributed by atoms with Gasteiger partial charge in [-0.15, -0.1) is 0 Å². The van der Waals surface area contributed by atoms with Crippen LogP contribution in [-0.4, -0.2) is 11.0 Å². The van der Waals surface area contributed by atoms with E-state index in [1.54, 1.807) is 30.3 Å². The standard InChI is InChI=1S/C16H11ClN2O4/c17-12-6-4-11(5-7-12)14-9-18-15(23-14)10-22-16(20)13-3-1-2-8-19(13)21/h1-9H,10H2. The summed E-state index contributed by atoms with van der Waals surface area (Å²) >= 11 is 5.83. The maximum atomic E-state index is 11.8. The molecule has 0 N–H and O–H groups in total. The van der Waals surface area contributed by atoms with E-state index in [-0.39, 0.29) is 18.2 Å². The molecule has 0 atom stereocenters. The highest BCUT2D eigenvalue weighted by Gasteiger charge is 2.18. The van der Waals surface area contributed by atoms with Crippen molar-refractivity contribution in [3.8, 4) is 11.3 Å². The van der Waals surface area contributed by atoms with Crippen LogP contribution in [0.4, 0.5) is 0 Å². The summed E-state index contributed by atoms with van der Waals surface area (Å²) in [7, 11) is 0. The van der Waals surface area contributed by atoms with Gasteiger partial charge in [0.15, 0.2) is 18.6 Å². The Labute approximate surface area is 136 Å². The van der Waals surface area contributed by atoms with Crippen molar-refractivity contribution in [1.82, 2.24) is 4.98 Å². The minimum absolute atomic E-state index is 0.100. The van der Waals surface area contributed by atoms with E-state index >= 15 is 0 Å². The van der Waals surface area contributed by atoms with Crippen molar-refractivity contribution in [2.75, 3.05) is 0 Å². The molecule has 0 aliphatic heterocycles. The lowest BCUT2D eigenvalue weighted by molar-refractivity contribution is -0.608. The van der Waals surface area contributed by atoms with Crippen LogP contribution < -0.4 is 4.73 Å². The normalized spacial score (nSPS) is 10.5. The quantitative estimate of drug-likeness (QED) is 0.417. The Morgan fingerprint density at radius 3 is 2.78 bits per heavy atom. The van der Waals surface area contributed by atoms with Crippen LogP contribution in [-0.2, 0) is 11.3 Å². The summed E-state index contributed by atoms with van der Waals surface area (Å²) in [6, 6.07) is 11.5. The van der Waals surface area contributed by atoms with Crippen LogP contribution in [0.2, 0.25) is 5.02 Å². The smallest absolute Gasteiger partial charge is 0.405 e. The number of carbonyl (C=O) groups is 1. The summed E-state index contributed by atoms with van der Waals surface area (Å²) in [5.41, 5.74) is 0.705. The van der Waals surface area contributed by atoms with Crippen molar-refractivity contribution in [1.29, 1.82) is 0 Å². The highest BCUT2D eigenvalue weighted by molar-refractivity contribution is 6.30. The second-order valence-corrected chi connectivity index (χ2v) is 5.05. The molecule has 0 aliphatic rings. The van der Waals surface area contributed by atoms with E-state index in [1.165, 1.54) is 24.5 Å². The van der Waals surface area contributed by atoms with Crippen LogP contribution in [0.3, 0.4) is 0 Å². The van der Waals surface area contributed by atoms with Crippen LogP contribution >= 0.6 is 11.6 Å². The van der Waals surface area contributed by atoms with Gasteiger partial charge in [0.2, 0.25) is 5.89 Å². The maximum Gasteiger partial charge on any atom is 0.405 e. The molecule has 0 fully saturated rings. The zero-order valence-electron chi connectivity index (χ0n) is 11.8. The number of pyridine rings is 1. The van der Waals surface area contributed by atoms with Crippen molar-refractivity contribution in [3.63, 3.8) is 0 Å². The number of hydrogen-bond donors (Lipinski definition) is 0. The number of esters is 1. The molecule has 2 aromatic heterocycles. The maximum absolute atomic E-state index is 11.8. The second kappa shape index (κ2) is 6.50. The molecular weight excluding hydrogens is 320 g/mol. The molecular formula is C16H11ClN2O4. The Balaban J connectivity index is 1.67. The van der Waals surface area contributed by atoms with E-state index in [0.29, 0.717) is 15.5 Å². The van der Waals surface area contributed by atoms with Crippen molar-refractivity contribution in [3.05, 3.63) is 76.7 Å². The largest absolute Gasteiger partial charge is 0.618 e. The Hall–Kier alpha value is -2.86. The van der Waals surface area contributed by atoms with Crippen molar-refractivity contribution >= 4 is 17.6 Å². The molecule has 0 saturated carbocycles. The number of oxazole rings is 1. The van der Waals surface area contributed by atoms with Gasteiger partial charge in [-0.1, -0.05) is 11.6 Å². The van der Waals surface area contributed by atoms with Gasteiger partial charge in [-0.3, -0.25) is 0 Å². The fourth-order valence-electron chi connectivity index (χ4n) is 1.91. The van der Waals surface area contributed by atoms with E-state index in [2.05, 4.69) is 4.98 Å². The highest BCUT2D eigenvalue weighted by Crippen LogP contribution is 2.22. The van der Waals surface area contributed by atoms with Crippen LogP contribution in [0.1, 0.15) is 16.4 Å². The first-order chi connectivity index (χ1) is 11.1. The number of halogens is 1. The number of aromatic nitrogens is 2. The summed E-state index contributed by atoms with van der Waals surface area (Å²) in [6.07, 6.45) is 2.75. The Bertz CT molecular complexity index is 830. The molecule has 23 heavy (non-hydrogen) atoms. The van der Waals surface area contributed by atoms with Gasteiger partial charge in [-0.25, -0.2) is 9.78 Å². The predicted molar refractivity (Wildman–Crippen MR) is 81.5 cm³/mol. The summed E-state index contributed by atoms with van der Waals surface area (Å²) in [6.45, 7) is -0.165. The molecule has 7 heteroatoms. The predicted octanol–water partition coefficient (Wildman–Crippen LogP) is 2.99. The molecule has 0 saturated heterocycles. The lowest BCUT2D eigenvalue weighted by Gasteiger charge is -2.03. The van der Waals surface area contributed by atoms with Crippen LogP contribution in [0.5, 0.6) is 0 Å². The average Bonchev–Trinajstić information content (AvgIpc) is 3.03. The minimum atomic E-state index is -0.744. The fraction of sp³-hybridized carbons (Fsp3) is 0.0625. The van der Waals surface area contributed by atoms with Gasteiger partial charge in [0.25, 0.3) is 0 Å². The van der Waals surface area contributed by atoms with Crippen LogP contribution in [0.25, 0.3) is 11.3 Å². The van der Waals surface area contributed by atoms with E-state index in [9.17, 15) is 10.0 Å². The Kier molecular flexibility index (Phi) is 4.25. The van der Waals surface area contributed by atoms with Gasteiger partial charge in [-0.2, -0.15) is 4.73 Å². The van der Waals surface area contributed by atoms with E-state index in [4.69, 9.17) is 20.8 Å². The molecule has 116 valence electrons. The van der Waals surface area contributed by atoms with E-state index < -0.39 is 5.97 Å². The molecule has 3 aromatic rings. The number of carbonyl (C=O) groups excluding carboxylic acids is 1. The van der Waals surface area contributed by atoms with Crippen LogP contribution in [0.15, 0.2) is 59.3 Å². The third-order valence-corrected chi connectivity index (χ3v) is 3.29. The molecule has 6 nitrogen and oxygen atoms in total. The number of nitrogens with zero attached hydrogens (tertiary/aromatic N) is 2. The van der Waals surface area contributed by atoms with E-state index in [0.717, 1.165) is 5.56 Å². The second-order valence-electron chi connectivity index (χ2n) is 4.61. The molecule has 0 bridgehead atoms. The van der Waals surface area contributed by atoms with Gasteiger partial charge in [0, 0.05) is 22.7 Å². The van der Waals surface area contributed by atoms with Crippen molar-refractivity contribution in [2.24, 2.45) is 0 Å². The monoisotopic (exact) mass is 330 g/mol. The topological polar surface area (TPSA) is 79.3 Å². The van der Waals surface area contributed by atoms with Gasteiger partial charge in [0.05, 0.1) is 6.20 Å². The first-order valence-corrected chi connectivity index (χ1v) is 7.07. The summed E-state index contributed by atoms with van der Waals surface area (Å²) in [5.74, 6) is 0.0230. The van der Waals surface area contributed by atoms with Gasteiger partial charge in [-0.05, 0) is 30.3 Å². The van der Waals surface area contributed by atoms with Crippen LogP contribution in [0, 0.1) is 5.21 Å². The number of hydrogen-bond acceptors (Lipinski definition) is 5. The lowest BCUT2D eigenvalue weighted by Crippen LogP contribution is -2.34. The minimum Gasteiger partial charge on any atom is -0.618 e. The van der Waals surface area contributed by atoms with E-state index in [1.807, 2.05) is 0 Å². The molecule has 0 radical (unpaired) electrons. The van der Waals surface area contributed by atoms with Crippen molar-refractivity contribution in [2.45, 2.75) is 6.61 Å². The zero-order valence-corrected chi connectivity index (χ0v) is 12.6. The lowest BCUT2D eigenvalue weighted by atomic mass is 10.2. The summed E-state index contributed by atoms with van der Waals surface area (Å²) < 4.78 is 11.0. The number of rotatable bonds is 4. The molecule has 0 unspecified atom stereocenters. The average molecular weight is 331 g/mol. The fourth-order valence-corrected chi connectivity index (χ4v) is 2.04. The number of benzene rings is 1. The molecule has 0 spiro atoms. The third-order valence-electron chi connectivity index (χ3n) is 3.04. The third kappa shape index (κ3) is 3.49. The first-order valence-electron chi connectivity index (χ1n) is 6.69. The van der Waals surface area contributed by atoms with Gasteiger partial charge in [0.1, 0.15) is 0 Å². The SMILES string of the molecule is O=C(OCc1ncc(-c2ccc(Cl)cc2)o1)c1cccc[n+]1[O-]. The summed E-state index contributed by atoms with van der Waals surface area (Å²) in [5, 5.41) is 12.1. The Morgan fingerprint density at radius 2 is 2.04 bits per heavy atom. The molecule has 3 rings (SSSR count). The summed E-state index contributed by atoms with van der Waals surface area (Å²) in [4.78, 5) is 15.9. The Morgan fingerprint density at radius 1 is 1.26 bits per heavy atom. The number of ether oxygens (including phenoxy) is 1. The molecule has 0 amide bonds. The molecule has 1 aromatic carbocycles. The molecule has 2 heterocycles.